The molecule has 0 saturated heterocycles. The molecule has 0 aromatic heterocycles. The Hall–Kier alpha value is -4.68. The Balaban J connectivity index is 1.97. The molecular formula is C36H45N5O4. The third-order valence-electron chi connectivity index (χ3n) is 7.43. The Labute approximate surface area is 267 Å². The highest BCUT2D eigenvalue weighted by Crippen LogP contribution is 2.31. The molecule has 238 valence electrons. The molecule has 0 heterocycles. The molecule has 2 atom stereocenters. The van der Waals surface area contributed by atoms with Crippen molar-refractivity contribution in [3.63, 3.8) is 0 Å². The second-order valence-corrected chi connectivity index (χ2v) is 11.6. The largest absolute Gasteiger partial charge is 0.495 e. The van der Waals surface area contributed by atoms with E-state index in [9.17, 15) is 19.6 Å². The minimum atomic E-state index is -0.460. The van der Waals surface area contributed by atoms with Gasteiger partial charge in [0.15, 0.2) is 0 Å². The van der Waals surface area contributed by atoms with Gasteiger partial charge in [0.1, 0.15) is 17.4 Å². The van der Waals surface area contributed by atoms with Gasteiger partial charge in [0, 0.05) is 49.4 Å². The number of hydrogen-bond donors (Lipinski definition) is 3. The number of hydrogen-bond acceptors (Lipinski definition) is 6. The van der Waals surface area contributed by atoms with Crippen LogP contribution in [0.2, 0.25) is 0 Å². The maximum absolute atomic E-state index is 13.9. The van der Waals surface area contributed by atoms with Crippen molar-refractivity contribution in [1.82, 2.24) is 20.9 Å². The molecule has 0 aliphatic heterocycles. The van der Waals surface area contributed by atoms with Crippen LogP contribution >= 0.6 is 0 Å². The van der Waals surface area contributed by atoms with Crippen molar-refractivity contribution in [1.29, 1.82) is 5.26 Å². The summed E-state index contributed by atoms with van der Waals surface area (Å²) in [6, 6.07) is 21.4. The molecule has 3 N–H and O–H groups in total. The Bertz CT molecular complexity index is 1500. The topological polar surface area (TPSA) is 124 Å². The normalized spacial score (nSPS) is 12.1. The van der Waals surface area contributed by atoms with Crippen LogP contribution in [0.3, 0.4) is 0 Å². The fraction of sp³-hybridized carbons (Fsp3) is 0.389. The lowest BCUT2D eigenvalue weighted by Gasteiger charge is -2.23. The summed E-state index contributed by atoms with van der Waals surface area (Å²) in [5.41, 5.74) is 3.08. The lowest BCUT2D eigenvalue weighted by atomic mass is 9.95. The molecular weight excluding hydrogens is 566 g/mol. The number of nitriles is 1. The Morgan fingerprint density at radius 3 is 2.31 bits per heavy atom. The van der Waals surface area contributed by atoms with E-state index in [0.717, 1.165) is 12.0 Å². The first-order chi connectivity index (χ1) is 21.6. The van der Waals surface area contributed by atoms with Gasteiger partial charge < -0.3 is 25.6 Å². The van der Waals surface area contributed by atoms with Gasteiger partial charge in [0.2, 0.25) is 5.91 Å². The van der Waals surface area contributed by atoms with Crippen molar-refractivity contribution < 1.29 is 19.1 Å². The lowest BCUT2D eigenvalue weighted by molar-refractivity contribution is -0.122. The molecule has 0 aliphatic carbocycles. The van der Waals surface area contributed by atoms with Gasteiger partial charge in [0.25, 0.3) is 11.8 Å². The minimum Gasteiger partial charge on any atom is -0.495 e. The summed E-state index contributed by atoms with van der Waals surface area (Å²) in [4.78, 5) is 41.6. The molecule has 0 spiro atoms. The number of carbonyl (C=O) groups excluding carboxylic acids is 3. The van der Waals surface area contributed by atoms with E-state index in [1.54, 1.807) is 55.3 Å². The van der Waals surface area contributed by atoms with Crippen molar-refractivity contribution in [2.45, 2.75) is 52.6 Å². The summed E-state index contributed by atoms with van der Waals surface area (Å²) in [6.07, 6.45) is 1.31. The highest BCUT2D eigenvalue weighted by molar-refractivity contribution is 6.02. The predicted octanol–water partition coefficient (Wildman–Crippen LogP) is 4.81. The highest BCUT2D eigenvalue weighted by atomic mass is 16.5. The average molecular weight is 612 g/mol. The first-order valence-corrected chi connectivity index (χ1v) is 15.4. The molecule has 0 saturated carbocycles. The van der Waals surface area contributed by atoms with Crippen LogP contribution in [0.4, 0.5) is 0 Å². The zero-order valence-electron chi connectivity index (χ0n) is 27.1. The summed E-state index contributed by atoms with van der Waals surface area (Å²) in [7, 11) is 3.22. The van der Waals surface area contributed by atoms with Gasteiger partial charge in [0.05, 0.1) is 13.2 Å². The Morgan fingerprint density at radius 2 is 1.67 bits per heavy atom. The number of ether oxygens (including phenoxy) is 1. The second kappa shape index (κ2) is 17.0. The van der Waals surface area contributed by atoms with Gasteiger partial charge in [-0.3, -0.25) is 14.4 Å². The molecule has 45 heavy (non-hydrogen) atoms. The molecule has 0 aliphatic rings. The number of rotatable bonds is 15. The number of carbonyl (C=O) groups is 3. The fourth-order valence-electron chi connectivity index (χ4n) is 4.96. The van der Waals surface area contributed by atoms with Gasteiger partial charge in [-0.25, -0.2) is 0 Å². The van der Waals surface area contributed by atoms with Crippen LogP contribution in [0.5, 0.6) is 5.75 Å². The minimum absolute atomic E-state index is 0.105. The van der Waals surface area contributed by atoms with E-state index in [0.29, 0.717) is 60.0 Å². The highest BCUT2D eigenvalue weighted by Gasteiger charge is 2.22. The number of methoxy groups -OCH3 is 1. The SMILES string of the molecule is CCCN(C)C(=O)c1cc(C(=O)N[C@H](CN[C@@H](C)C(=O)NCC(C)C)Cc2ccccc2)cc(-c2cccc(OC)c2C#N)c1. The summed E-state index contributed by atoms with van der Waals surface area (Å²) < 4.78 is 5.41. The number of benzene rings is 3. The number of nitrogens with zero attached hydrogens (tertiary/aromatic N) is 2. The predicted molar refractivity (Wildman–Crippen MR) is 177 cm³/mol. The molecule has 3 aromatic carbocycles. The van der Waals surface area contributed by atoms with Crippen LogP contribution in [0.1, 0.15) is 66.0 Å². The van der Waals surface area contributed by atoms with E-state index in [1.165, 1.54) is 7.11 Å². The van der Waals surface area contributed by atoms with Crippen LogP contribution in [-0.4, -0.2) is 68.5 Å². The number of amides is 3. The van der Waals surface area contributed by atoms with Crippen molar-refractivity contribution in [3.05, 3.63) is 89.0 Å². The Kier molecular flexibility index (Phi) is 13.1. The van der Waals surface area contributed by atoms with Crippen LogP contribution in [0.25, 0.3) is 11.1 Å². The fourth-order valence-corrected chi connectivity index (χ4v) is 4.96. The smallest absolute Gasteiger partial charge is 0.253 e. The first kappa shape index (κ1) is 34.8. The maximum atomic E-state index is 13.9. The van der Waals surface area contributed by atoms with Crippen LogP contribution in [0.15, 0.2) is 66.7 Å². The monoisotopic (exact) mass is 611 g/mol. The zero-order chi connectivity index (χ0) is 32.9. The first-order valence-electron chi connectivity index (χ1n) is 15.4. The second-order valence-electron chi connectivity index (χ2n) is 11.6. The van der Waals surface area contributed by atoms with Gasteiger partial charge in [-0.05, 0) is 61.1 Å². The van der Waals surface area contributed by atoms with E-state index in [2.05, 4.69) is 22.0 Å². The van der Waals surface area contributed by atoms with Crippen molar-refractivity contribution >= 4 is 17.7 Å². The van der Waals surface area contributed by atoms with Gasteiger partial charge in [-0.2, -0.15) is 5.26 Å². The third-order valence-corrected chi connectivity index (χ3v) is 7.43. The molecule has 9 heteroatoms. The summed E-state index contributed by atoms with van der Waals surface area (Å²) in [5, 5.41) is 19.3. The van der Waals surface area contributed by atoms with E-state index in [-0.39, 0.29) is 29.3 Å². The van der Waals surface area contributed by atoms with Crippen molar-refractivity contribution in [2.75, 3.05) is 33.8 Å². The summed E-state index contributed by atoms with van der Waals surface area (Å²) in [6.45, 7) is 9.35. The molecule has 0 bridgehead atoms. The standard InChI is InChI=1S/C36H45N5O4/c1-7-16-41(5)36(44)29-19-27(31-14-11-15-33(45-6)32(31)21-37)18-28(20-29)35(43)40-30(17-26-12-9-8-10-13-26)23-38-25(4)34(42)39-22-24(2)3/h8-15,18-20,24-25,30,38H,7,16-17,22-23H2,1-6H3,(H,39,42)(H,40,43)/t25-,30-/m0/s1. The number of nitrogens with one attached hydrogen (secondary N) is 3. The van der Waals surface area contributed by atoms with Gasteiger partial charge in [-0.15, -0.1) is 0 Å². The van der Waals surface area contributed by atoms with Gasteiger partial charge >= 0.3 is 0 Å². The third kappa shape index (κ3) is 9.91. The molecule has 3 rings (SSSR count). The summed E-state index contributed by atoms with van der Waals surface area (Å²) >= 11 is 0. The molecule has 3 aromatic rings. The van der Waals surface area contributed by atoms with Crippen molar-refractivity contribution in [3.8, 4) is 22.9 Å². The Morgan fingerprint density at radius 1 is 0.956 bits per heavy atom. The van der Waals surface area contributed by atoms with Gasteiger partial charge in [-0.1, -0.05) is 63.2 Å². The molecule has 0 fully saturated rings. The van der Waals surface area contributed by atoms with Crippen molar-refractivity contribution in [2.24, 2.45) is 5.92 Å². The molecule has 0 radical (unpaired) electrons. The van der Waals surface area contributed by atoms with E-state index in [4.69, 9.17) is 4.74 Å². The van der Waals surface area contributed by atoms with E-state index >= 15 is 0 Å². The van der Waals surface area contributed by atoms with Crippen LogP contribution in [0, 0.1) is 17.2 Å². The molecule has 3 amide bonds. The van der Waals surface area contributed by atoms with Crippen LogP contribution < -0.4 is 20.7 Å². The summed E-state index contributed by atoms with van der Waals surface area (Å²) in [5.74, 6) is 0.0401. The zero-order valence-corrected chi connectivity index (χ0v) is 27.1. The molecule has 0 unspecified atom stereocenters. The lowest BCUT2D eigenvalue weighted by Crippen LogP contribution is -2.50. The van der Waals surface area contributed by atoms with Crippen LogP contribution in [-0.2, 0) is 11.2 Å². The average Bonchev–Trinajstić information content (AvgIpc) is 3.05. The quantitative estimate of drug-likeness (QED) is 0.227. The maximum Gasteiger partial charge on any atom is 0.253 e. The molecule has 9 nitrogen and oxygen atoms in total. The van der Waals surface area contributed by atoms with E-state index < -0.39 is 6.04 Å². The van der Waals surface area contributed by atoms with E-state index in [1.807, 2.05) is 51.1 Å².